The minimum absolute atomic E-state index is 0.0504. The number of hydrogen-bond donors (Lipinski definition) is 5. The van der Waals surface area contributed by atoms with E-state index in [1.165, 1.54) is 19.1 Å². The number of aliphatic hydroxyl groups excluding tert-OH is 3. The van der Waals surface area contributed by atoms with Crippen LogP contribution in [0.25, 0.3) is 0 Å². The van der Waals surface area contributed by atoms with Crippen molar-refractivity contribution in [3.63, 3.8) is 0 Å². The van der Waals surface area contributed by atoms with Gasteiger partial charge < -0.3 is 40.2 Å². The zero-order valence-electron chi connectivity index (χ0n) is 26.4. The van der Waals surface area contributed by atoms with Crippen LogP contribution in [0.2, 0.25) is 0 Å². The molecule has 0 saturated carbocycles. The number of unbranched alkanes of at least 4 members (excludes halogenated alkanes) is 2. The normalized spacial score (nSPS) is 19.1. The minimum atomic E-state index is -1.28. The van der Waals surface area contributed by atoms with E-state index in [1.54, 1.807) is 25.1 Å². The number of amides is 4. The number of ether oxygens (including phenoxy) is 3. The highest BCUT2D eigenvalue weighted by Crippen LogP contribution is 2.30. The van der Waals surface area contributed by atoms with E-state index >= 15 is 0 Å². The molecule has 1 heterocycles. The van der Waals surface area contributed by atoms with Crippen LogP contribution in [0.1, 0.15) is 71.8 Å². The van der Waals surface area contributed by atoms with Crippen LogP contribution in [-0.2, 0) is 40.1 Å². The first-order chi connectivity index (χ1) is 21.6. The van der Waals surface area contributed by atoms with Crippen LogP contribution in [0.4, 0.5) is 5.69 Å². The Bertz CT molecular complexity index is 1130. The van der Waals surface area contributed by atoms with E-state index in [0.717, 1.165) is 4.90 Å². The predicted molar refractivity (Wildman–Crippen MR) is 164 cm³/mol. The number of esters is 1. The Morgan fingerprint density at radius 1 is 1.09 bits per heavy atom. The smallest absolute Gasteiger partial charge is 0.302 e. The highest BCUT2D eigenvalue weighted by molar-refractivity contribution is 5.94. The molecule has 0 aliphatic carbocycles. The summed E-state index contributed by atoms with van der Waals surface area (Å²) in [6.07, 6.45) is 0.597. The number of benzene rings is 1. The van der Waals surface area contributed by atoms with Crippen LogP contribution >= 0.6 is 0 Å². The lowest BCUT2D eigenvalue weighted by Gasteiger charge is -2.36. The molecule has 0 radical (unpaired) electrons. The Morgan fingerprint density at radius 2 is 1.82 bits per heavy atom. The highest BCUT2D eigenvalue weighted by atomic mass is 16.7. The van der Waals surface area contributed by atoms with Gasteiger partial charge in [0.1, 0.15) is 24.6 Å². The van der Waals surface area contributed by atoms with Crippen LogP contribution in [0.5, 0.6) is 5.75 Å². The lowest BCUT2D eigenvalue weighted by Crippen LogP contribution is -2.51. The van der Waals surface area contributed by atoms with E-state index in [0.29, 0.717) is 31.2 Å². The zero-order chi connectivity index (χ0) is 33.8. The van der Waals surface area contributed by atoms with Crippen molar-refractivity contribution < 1.29 is 53.5 Å². The van der Waals surface area contributed by atoms with E-state index in [-0.39, 0.29) is 62.2 Å². The molecule has 252 valence electrons. The quantitative estimate of drug-likeness (QED) is 0.0718. The molecule has 2 rings (SSSR count). The summed E-state index contributed by atoms with van der Waals surface area (Å²) >= 11 is 0. The summed E-state index contributed by atoms with van der Waals surface area (Å²) < 4.78 is 16.4. The second-order valence-electron chi connectivity index (χ2n) is 9.90. The van der Waals surface area contributed by atoms with Crippen LogP contribution in [-0.4, -0.2) is 94.6 Å². The zero-order valence-corrected chi connectivity index (χ0v) is 26.4. The van der Waals surface area contributed by atoms with Crippen molar-refractivity contribution in [3.8, 4) is 5.75 Å². The molecule has 4 atom stereocenters. The van der Waals surface area contributed by atoms with E-state index in [2.05, 4.69) is 10.6 Å². The maximum atomic E-state index is 12.7. The first-order valence-corrected chi connectivity index (χ1v) is 15.1. The fourth-order valence-corrected chi connectivity index (χ4v) is 4.15. The van der Waals surface area contributed by atoms with Gasteiger partial charge in [-0.05, 0) is 43.5 Å². The molecule has 4 unspecified atom stereocenters. The van der Waals surface area contributed by atoms with Crippen molar-refractivity contribution in [2.24, 2.45) is 0 Å². The molecular weight excluding hydrogens is 590 g/mol. The molecule has 1 aliphatic heterocycles. The summed E-state index contributed by atoms with van der Waals surface area (Å²) in [6, 6.07) is 4.68. The van der Waals surface area contributed by atoms with Gasteiger partial charge in [-0.2, -0.15) is 0 Å². The maximum Gasteiger partial charge on any atom is 0.302 e. The number of allylic oxidation sites excluding steroid dienone is 1. The first kappa shape index (κ1) is 39.2. The van der Waals surface area contributed by atoms with Crippen molar-refractivity contribution >= 4 is 35.8 Å². The second-order valence-corrected chi connectivity index (χ2v) is 9.90. The highest BCUT2D eigenvalue weighted by Gasteiger charge is 2.37. The van der Waals surface area contributed by atoms with Gasteiger partial charge in [0.15, 0.2) is 0 Å². The Hall–Kier alpha value is -3.85. The van der Waals surface area contributed by atoms with Gasteiger partial charge in [0.05, 0.1) is 18.4 Å². The van der Waals surface area contributed by atoms with E-state index in [4.69, 9.17) is 14.2 Å². The monoisotopic (exact) mass is 637 g/mol. The number of rotatable bonds is 17. The number of imide groups is 1. The number of carbonyl (C=O) groups excluding carboxylic acids is 5. The molecule has 1 fully saturated rings. The Morgan fingerprint density at radius 3 is 2.47 bits per heavy atom. The molecule has 0 bridgehead atoms. The van der Waals surface area contributed by atoms with Gasteiger partial charge >= 0.3 is 5.97 Å². The topological polar surface area (TPSA) is 201 Å². The number of anilines is 1. The average Bonchev–Trinajstić information content (AvgIpc) is 3.01. The van der Waals surface area contributed by atoms with E-state index < -0.39 is 43.1 Å². The maximum absolute atomic E-state index is 12.7. The molecule has 14 nitrogen and oxygen atoms in total. The number of carbonyl (C=O) groups is 5. The number of hydrogen-bond acceptors (Lipinski definition) is 11. The van der Waals surface area contributed by atoms with Crippen molar-refractivity contribution in [1.82, 2.24) is 10.2 Å². The molecule has 4 amide bonds. The standard InChI is InChI=1S/C29H41N3O11.C2H6/c1-3-7-27(39)32(18-34)13-6-4-5-8-25(37)30-12-11-26(38)31-21-14-20(17-41-19(2)35)9-10-23(21)42-28-15-22(36)29(40)24(16-33)43-28;1-2/h3,7,9-10,14,18,22,24,28-29,33,36,40H,4-6,8,11-13,15-17H2,1-2H3,(H,30,37)(H,31,38);1-2H3/b7-3-;. The molecule has 0 aromatic heterocycles. The van der Waals surface area contributed by atoms with Gasteiger partial charge in [-0.1, -0.05) is 32.4 Å². The summed E-state index contributed by atoms with van der Waals surface area (Å²) in [4.78, 5) is 59.9. The van der Waals surface area contributed by atoms with Crippen LogP contribution in [0.3, 0.4) is 0 Å². The Labute approximate surface area is 263 Å². The van der Waals surface area contributed by atoms with Gasteiger partial charge in [-0.15, -0.1) is 0 Å². The third-order valence-electron chi connectivity index (χ3n) is 6.43. The molecule has 0 spiro atoms. The fourth-order valence-electron chi connectivity index (χ4n) is 4.15. The third kappa shape index (κ3) is 14.7. The molecule has 1 aromatic carbocycles. The second kappa shape index (κ2) is 21.8. The first-order valence-electron chi connectivity index (χ1n) is 15.1. The van der Waals surface area contributed by atoms with Crippen molar-refractivity contribution in [2.75, 3.05) is 25.0 Å². The summed E-state index contributed by atoms with van der Waals surface area (Å²) in [6.45, 7) is 6.69. The predicted octanol–water partition coefficient (Wildman–Crippen LogP) is 1.55. The molecule has 45 heavy (non-hydrogen) atoms. The summed E-state index contributed by atoms with van der Waals surface area (Å²) in [5.41, 5.74) is 0.782. The molecule has 1 saturated heterocycles. The number of nitrogens with one attached hydrogen (secondary N) is 2. The van der Waals surface area contributed by atoms with Crippen LogP contribution in [0.15, 0.2) is 30.4 Å². The lowest BCUT2D eigenvalue weighted by atomic mass is 10.0. The molecule has 14 heteroatoms. The van der Waals surface area contributed by atoms with Crippen LogP contribution < -0.4 is 15.4 Å². The lowest BCUT2D eigenvalue weighted by molar-refractivity contribution is -0.229. The summed E-state index contributed by atoms with van der Waals surface area (Å²) in [5, 5.41) is 34.9. The van der Waals surface area contributed by atoms with Crippen molar-refractivity contribution in [3.05, 3.63) is 35.9 Å². The Kier molecular flexibility index (Phi) is 19.0. The number of aliphatic hydroxyl groups is 3. The van der Waals surface area contributed by atoms with E-state index in [9.17, 15) is 39.3 Å². The third-order valence-corrected chi connectivity index (χ3v) is 6.43. The largest absolute Gasteiger partial charge is 0.463 e. The van der Waals surface area contributed by atoms with Crippen molar-refractivity contribution in [1.29, 1.82) is 0 Å². The van der Waals surface area contributed by atoms with Crippen molar-refractivity contribution in [2.45, 2.75) is 97.4 Å². The Balaban J connectivity index is 0.00000496. The minimum Gasteiger partial charge on any atom is -0.463 e. The SMILES string of the molecule is C/C=C\C(=O)N(C=O)CCCCCC(=O)NCCC(=O)Nc1cc(COC(C)=O)ccc1OC1CC(O)C(O)C(CO)O1.CC. The fraction of sp³-hybridized carbons (Fsp3) is 0.581. The van der Waals surface area contributed by atoms with Gasteiger partial charge in [0.25, 0.3) is 5.91 Å². The van der Waals surface area contributed by atoms with Crippen LogP contribution in [0, 0.1) is 0 Å². The number of nitrogens with zero attached hydrogens (tertiary/aromatic N) is 1. The van der Waals surface area contributed by atoms with Gasteiger partial charge in [0.2, 0.25) is 24.5 Å². The van der Waals surface area contributed by atoms with Gasteiger partial charge in [-0.3, -0.25) is 28.9 Å². The molecule has 5 N–H and O–H groups in total. The average molecular weight is 638 g/mol. The molecule has 1 aliphatic rings. The summed E-state index contributed by atoms with van der Waals surface area (Å²) in [5.74, 6) is -1.38. The van der Waals surface area contributed by atoms with Gasteiger partial charge in [-0.25, -0.2) is 0 Å². The van der Waals surface area contributed by atoms with Gasteiger partial charge in [0, 0.05) is 39.3 Å². The summed E-state index contributed by atoms with van der Waals surface area (Å²) in [7, 11) is 0. The van der Waals surface area contributed by atoms with E-state index in [1.807, 2.05) is 13.8 Å². The molecule has 1 aromatic rings. The molecular formula is C31H47N3O11.